The summed E-state index contributed by atoms with van der Waals surface area (Å²) in [6.45, 7) is 2.02. The van der Waals surface area contributed by atoms with Crippen molar-refractivity contribution >= 4 is 35.6 Å². The number of benzene rings is 1. The predicted molar refractivity (Wildman–Crippen MR) is 94.4 cm³/mol. The van der Waals surface area contributed by atoms with Gasteiger partial charge >= 0.3 is 12.1 Å². The van der Waals surface area contributed by atoms with Gasteiger partial charge in [0.2, 0.25) is 11.8 Å². The number of rotatable bonds is 8. The second-order valence-electron chi connectivity index (χ2n) is 5.60. The van der Waals surface area contributed by atoms with Gasteiger partial charge in [-0.15, -0.1) is 11.8 Å². The van der Waals surface area contributed by atoms with Crippen molar-refractivity contribution in [1.82, 2.24) is 10.2 Å². The summed E-state index contributed by atoms with van der Waals surface area (Å²) >= 11 is 1.04. The van der Waals surface area contributed by atoms with Crippen LogP contribution in [-0.2, 0) is 25.7 Å². The van der Waals surface area contributed by atoms with E-state index in [0.29, 0.717) is 6.54 Å². The Morgan fingerprint density at radius 1 is 1.35 bits per heavy atom. The Balaban J connectivity index is 1.83. The number of nitrogens with zero attached hydrogens (tertiary/aromatic N) is 1. The number of carbonyl (C=O) groups excluding carboxylic acids is 3. The second-order valence-corrected chi connectivity index (χ2v) is 6.83. The van der Waals surface area contributed by atoms with Crippen LogP contribution in [0.1, 0.15) is 18.9 Å². The molecule has 0 bridgehead atoms. The third-order valence-electron chi connectivity index (χ3n) is 3.79. The zero-order valence-corrected chi connectivity index (χ0v) is 15.0. The van der Waals surface area contributed by atoms with Crippen LogP contribution >= 0.6 is 11.8 Å². The van der Waals surface area contributed by atoms with Crippen molar-refractivity contribution in [3.05, 3.63) is 35.9 Å². The van der Waals surface area contributed by atoms with Gasteiger partial charge in [0.15, 0.2) is 0 Å². The number of aliphatic carboxylic acids is 1. The number of imide groups is 1. The number of carboxylic acid groups (broad SMARTS) is 1. The Bertz CT molecular complexity index is 681. The number of amides is 3. The normalized spacial score (nSPS) is 17.9. The molecule has 2 N–H and O–H groups in total. The minimum absolute atomic E-state index is 0.0211. The lowest BCUT2D eigenvalue weighted by Gasteiger charge is -2.16. The van der Waals surface area contributed by atoms with E-state index in [0.717, 1.165) is 22.2 Å². The van der Waals surface area contributed by atoms with E-state index >= 15 is 0 Å². The fourth-order valence-electron chi connectivity index (χ4n) is 2.41. The van der Waals surface area contributed by atoms with Crippen molar-refractivity contribution in [1.29, 1.82) is 0 Å². The summed E-state index contributed by atoms with van der Waals surface area (Å²) in [7, 11) is 0. The summed E-state index contributed by atoms with van der Waals surface area (Å²) < 4.78 is 5.00. The SMILES string of the molecule is CCN1C(=O)CC(SCC(NC(=O)OCc2ccccc2)C(=O)O)C1=O. The molecule has 1 aliphatic heterocycles. The first-order valence-corrected chi connectivity index (χ1v) is 9.13. The van der Waals surface area contributed by atoms with Gasteiger partial charge in [-0.05, 0) is 12.5 Å². The number of carboxylic acids is 1. The first-order chi connectivity index (χ1) is 12.4. The topological polar surface area (TPSA) is 113 Å². The average molecular weight is 380 g/mol. The Hall–Kier alpha value is -2.55. The second kappa shape index (κ2) is 9.23. The van der Waals surface area contributed by atoms with Crippen molar-refractivity contribution in [2.24, 2.45) is 0 Å². The fraction of sp³-hybridized carbons (Fsp3) is 0.412. The molecule has 2 unspecified atom stereocenters. The number of hydrogen-bond donors (Lipinski definition) is 2. The molecule has 1 aromatic rings. The molecule has 0 spiro atoms. The third-order valence-corrected chi connectivity index (χ3v) is 5.08. The maximum absolute atomic E-state index is 12.0. The molecule has 1 heterocycles. The zero-order chi connectivity index (χ0) is 19.1. The van der Waals surface area contributed by atoms with Crippen LogP contribution < -0.4 is 5.32 Å². The van der Waals surface area contributed by atoms with Crippen LogP contribution in [-0.4, -0.2) is 57.5 Å². The van der Waals surface area contributed by atoms with Gasteiger partial charge in [-0.3, -0.25) is 14.5 Å². The summed E-state index contributed by atoms with van der Waals surface area (Å²) in [5.74, 6) is -1.87. The smallest absolute Gasteiger partial charge is 0.408 e. The summed E-state index contributed by atoms with van der Waals surface area (Å²) in [4.78, 5) is 48.0. The first kappa shape index (κ1) is 19.8. The Morgan fingerprint density at radius 2 is 2.04 bits per heavy atom. The van der Waals surface area contributed by atoms with E-state index in [-0.39, 0.29) is 30.6 Å². The molecule has 1 aliphatic rings. The molecule has 0 aromatic heterocycles. The maximum Gasteiger partial charge on any atom is 0.408 e. The van der Waals surface area contributed by atoms with Gasteiger partial charge in [0, 0.05) is 18.7 Å². The monoisotopic (exact) mass is 380 g/mol. The quantitative estimate of drug-likeness (QED) is 0.653. The number of thioether (sulfide) groups is 1. The highest BCUT2D eigenvalue weighted by molar-refractivity contribution is 8.00. The minimum atomic E-state index is -1.24. The Morgan fingerprint density at radius 3 is 2.62 bits per heavy atom. The fourth-order valence-corrected chi connectivity index (χ4v) is 3.59. The molecule has 8 nitrogen and oxygen atoms in total. The predicted octanol–water partition coefficient (Wildman–Crippen LogP) is 1.25. The van der Waals surface area contributed by atoms with Crippen molar-refractivity contribution in [2.45, 2.75) is 31.2 Å². The molecule has 3 amide bonds. The Labute approximate surface area is 154 Å². The molecule has 0 aliphatic carbocycles. The van der Waals surface area contributed by atoms with Crippen LogP contribution in [0.2, 0.25) is 0 Å². The lowest BCUT2D eigenvalue weighted by molar-refractivity contribution is -0.139. The summed E-state index contributed by atoms with van der Waals surface area (Å²) in [6.07, 6.45) is -0.812. The van der Waals surface area contributed by atoms with Crippen molar-refractivity contribution in [2.75, 3.05) is 12.3 Å². The zero-order valence-electron chi connectivity index (χ0n) is 14.2. The van der Waals surface area contributed by atoms with Crippen molar-refractivity contribution in [3.63, 3.8) is 0 Å². The van der Waals surface area contributed by atoms with Gasteiger partial charge in [0.05, 0.1) is 5.25 Å². The first-order valence-electron chi connectivity index (χ1n) is 8.08. The van der Waals surface area contributed by atoms with E-state index in [2.05, 4.69) is 5.32 Å². The van der Waals surface area contributed by atoms with Crippen LogP contribution in [0.3, 0.4) is 0 Å². The molecular weight excluding hydrogens is 360 g/mol. The van der Waals surface area contributed by atoms with Gasteiger partial charge in [-0.25, -0.2) is 9.59 Å². The summed E-state index contributed by atoms with van der Waals surface area (Å²) in [5.41, 5.74) is 0.777. The number of alkyl carbamates (subject to hydrolysis) is 1. The molecule has 140 valence electrons. The van der Waals surface area contributed by atoms with Gasteiger partial charge < -0.3 is 15.2 Å². The van der Waals surface area contributed by atoms with E-state index in [1.807, 2.05) is 6.07 Å². The largest absolute Gasteiger partial charge is 0.480 e. The highest BCUT2D eigenvalue weighted by Crippen LogP contribution is 2.25. The average Bonchev–Trinajstić information content (AvgIpc) is 2.90. The van der Waals surface area contributed by atoms with Gasteiger partial charge in [0.1, 0.15) is 12.6 Å². The number of carbonyl (C=O) groups is 4. The molecule has 1 saturated heterocycles. The molecule has 0 saturated carbocycles. The Kier molecular flexibility index (Phi) is 7.02. The number of ether oxygens (including phenoxy) is 1. The van der Waals surface area contributed by atoms with Crippen LogP contribution in [0, 0.1) is 0 Å². The van der Waals surface area contributed by atoms with E-state index in [1.54, 1.807) is 31.2 Å². The molecule has 2 rings (SSSR count). The van der Waals surface area contributed by atoms with Crippen LogP contribution in [0.25, 0.3) is 0 Å². The number of hydrogen-bond acceptors (Lipinski definition) is 6. The summed E-state index contributed by atoms with van der Waals surface area (Å²) in [6, 6.07) is 7.76. The molecule has 1 fully saturated rings. The van der Waals surface area contributed by atoms with Crippen LogP contribution in [0.4, 0.5) is 4.79 Å². The molecule has 2 atom stereocenters. The van der Waals surface area contributed by atoms with Crippen molar-refractivity contribution in [3.8, 4) is 0 Å². The highest BCUT2D eigenvalue weighted by atomic mass is 32.2. The number of nitrogens with one attached hydrogen (secondary N) is 1. The maximum atomic E-state index is 12.0. The van der Waals surface area contributed by atoms with Crippen LogP contribution in [0.15, 0.2) is 30.3 Å². The molecule has 0 radical (unpaired) electrons. The molecule has 9 heteroatoms. The number of likely N-dealkylation sites (tertiary alicyclic amines) is 1. The minimum Gasteiger partial charge on any atom is -0.480 e. The van der Waals surface area contributed by atoms with Crippen molar-refractivity contribution < 1.29 is 29.0 Å². The molecular formula is C17H20N2O6S. The molecule has 1 aromatic carbocycles. The van der Waals surface area contributed by atoms with Gasteiger partial charge in [0.25, 0.3) is 0 Å². The third kappa shape index (κ3) is 5.22. The van der Waals surface area contributed by atoms with Gasteiger partial charge in [-0.2, -0.15) is 0 Å². The lowest BCUT2D eigenvalue weighted by Crippen LogP contribution is -2.43. The molecule has 26 heavy (non-hydrogen) atoms. The summed E-state index contributed by atoms with van der Waals surface area (Å²) in [5, 5.41) is 10.9. The van der Waals surface area contributed by atoms with E-state index < -0.39 is 23.4 Å². The van der Waals surface area contributed by atoms with E-state index in [9.17, 15) is 24.3 Å². The highest BCUT2D eigenvalue weighted by Gasteiger charge is 2.38. The van der Waals surface area contributed by atoms with Gasteiger partial charge in [-0.1, -0.05) is 30.3 Å². The lowest BCUT2D eigenvalue weighted by atomic mass is 10.2. The van der Waals surface area contributed by atoms with Crippen LogP contribution in [0.5, 0.6) is 0 Å². The van der Waals surface area contributed by atoms with E-state index in [4.69, 9.17) is 4.74 Å². The van der Waals surface area contributed by atoms with E-state index in [1.165, 1.54) is 0 Å². The standard InChI is InChI=1S/C17H20N2O6S/c1-2-19-14(20)8-13(15(19)21)26-10-12(16(22)23)18-17(24)25-9-11-6-4-3-5-7-11/h3-7,12-13H,2,8-10H2,1H3,(H,18,24)(H,22,23).